The molecule has 0 aliphatic carbocycles. The summed E-state index contributed by atoms with van der Waals surface area (Å²) in [5.74, 6) is 0.0444. The van der Waals surface area contributed by atoms with Crippen LogP contribution in [-0.2, 0) is 16.0 Å². The molecule has 6 heteroatoms. The van der Waals surface area contributed by atoms with E-state index in [0.29, 0.717) is 11.7 Å². The molecule has 1 unspecified atom stereocenters. The zero-order valence-electron chi connectivity index (χ0n) is 17.9. The number of halogens is 1. The molecule has 31 heavy (non-hydrogen) atoms. The van der Waals surface area contributed by atoms with Crippen LogP contribution in [0, 0.1) is 5.92 Å². The van der Waals surface area contributed by atoms with Crippen LogP contribution in [0.5, 0.6) is 5.75 Å². The van der Waals surface area contributed by atoms with Crippen molar-refractivity contribution < 1.29 is 14.3 Å². The Morgan fingerprint density at radius 1 is 0.935 bits per heavy atom. The van der Waals surface area contributed by atoms with Crippen LogP contribution in [0.1, 0.15) is 37.8 Å². The highest BCUT2D eigenvalue weighted by Gasteiger charge is 2.16. The Morgan fingerprint density at radius 2 is 1.65 bits per heavy atom. The molecule has 3 rings (SSSR count). The average Bonchev–Trinajstić information content (AvgIpc) is 2.77. The second kappa shape index (κ2) is 10.4. The van der Waals surface area contributed by atoms with Gasteiger partial charge in [0, 0.05) is 0 Å². The number of ether oxygens (including phenoxy) is 1. The minimum atomic E-state index is -0.437. The van der Waals surface area contributed by atoms with Gasteiger partial charge in [0.25, 0.3) is 5.91 Å². The number of hydrogen-bond donors (Lipinski definition) is 2. The van der Waals surface area contributed by atoms with Gasteiger partial charge < -0.3 is 4.74 Å². The second-order valence-corrected chi connectivity index (χ2v) is 8.78. The average molecular weight is 483 g/mol. The van der Waals surface area contributed by atoms with Crippen LogP contribution < -0.4 is 15.6 Å². The molecule has 0 aromatic heterocycles. The maximum Gasteiger partial charge on any atom is 0.276 e. The summed E-state index contributed by atoms with van der Waals surface area (Å²) in [4.78, 5) is 24.5. The normalized spacial score (nSPS) is 11.9. The van der Waals surface area contributed by atoms with Crippen molar-refractivity contribution in [3.8, 4) is 5.75 Å². The van der Waals surface area contributed by atoms with Gasteiger partial charge in [-0.15, -0.1) is 0 Å². The van der Waals surface area contributed by atoms with Crippen LogP contribution in [0.3, 0.4) is 0 Å². The number of fused-ring (bicyclic) bond motifs is 1. The number of hydrogen-bond acceptors (Lipinski definition) is 3. The summed E-state index contributed by atoms with van der Waals surface area (Å²) in [5, 5.41) is 2.08. The van der Waals surface area contributed by atoms with Gasteiger partial charge in [0.05, 0.1) is 10.4 Å². The third-order valence-electron chi connectivity index (χ3n) is 5.03. The van der Waals surface area contributed by atoms with Gasteiger partial charge in [0.1, 0.15) is 5.75 Å². The third kappa shape index (κ3) is 6.07. The molecule has 0 heterocycles. The fraction of sp³-hybridized carbons (Fsp3) is 0.280. The van der Waals surface area contributed by atoms with Crippen LogP contribution in [0.2, 0.25) is 0 Å². The molecule has 2 N–H and O–H groups in total. The first-order chi connectivity index (χ1) is 14.8. The van der Waals surface area contributed by atoms with Gasteiger partial charge in [-0.2, -0.15) is 0 Å². The summed E-state index contributed by atoms with van der Waals surface area (Å²) in [6.45, 7) is 5.95. The van der Waals surface area contributed by atoms with Crippen LogP contribution in [0.25, 0.3) is 10.8 Å². The van der Waals surface area contributed by atoms with Crippen molar-refractivity contribution >= 4 is 38.5 Å². The Labute approximate surface area is 191 Å². The number of carbonyl (C=O) groups excluding carboxylic acids is 2. The molecule has 0 radical (unpaired) electrons. The second-order valence-electron chi connectivity index (χ2n) is 7.99. The standard InChI is InChI=1S/C25H27BrN2O3/c1-16(2)14-18-8-10-19(11-9-18)17(3)25(30)28-27-23(29)15-31-22-13-12-20-6-4-5-7-21(20)24(22)26/h4-13,16-17H,14-15H2,1-3H3,(H,27,29)(H,28,30). The van der Waals surface area contributed by atoms with E-state index in [4.69, 9.17) is 4.74 Å². The highest BCUT2D eigenvalue weighted by Crippen LogP contribution is 2.32. The molecular weight excluding hydrogens is 456 g/mol. The number of hydrazine groups is 1. The molecule has 1 atom stereocenters. The van der Waals surface area contributed by atoms with Gasteiger partial charge in [-0.3, -0.25) is 20.4 Å². The fourth-order valence-corrected chi connectivity index (χ4v) is 3.92. The number of carbonyl (C=O) groups is 2. The molecule has 0 saturated heterocycles. The monoisotopic (exact) mass is 482 g/mol. The lowest BCUT2D eigenvalue weighted by Crippen LogP contribution is -2.45. The first kappa shape index (κ1) is 22.8. The minimum Gasteiger partial charge on any atom is -0.483 e. The van der Waals surface area contributed by atoms with Crippen molar-refractivity contribution in [2.75, 3.05) is 6.61 Å². The lowest BCUT2D eigenvalue weighted by molar-refractivity contribution is -0.130. The van der Waals surface area contributed by atoms with E-state index < -0.39 is 5.91 Å². The van der Waals surface area contributed by atoms with Crippen molar-refractivity contribution in [2.45, 2.75) is 33.1 Å². The zero-order chi connectivity index (χ0) is 22.4. The van der Waals surface area contributed by atoms with Crippen molar-refractivity contribution in [2.24, 2.45) is 5.92 Å². The van der Waals surface area contributed by atoms with Gasteiger partial charge >= 0.3 is 0 Å². The summed E-state index contributed by atoms with van der Waals surface area (Å²) < 4.78 is 6.41. The Bertz CT molecular complexity index is 1060. The molecule has 5 nitrogen and oxygen atoms in total. The molecule has 0 spiro atoms. The largest absolute Gasteiger partial charge is 0.483 e. The predicted octanol–water partition coefficient (Wildman–Crippen LogP) is 5.13. The minimum absolute atomic E-state index is 0.213. The Morgan fingerprint density at radius 3 is 2.35 bits per heavy atom. The molecule has 0 saturated carbocycles. The summed E-state index contributed by atoms with van der Waals surface area (Å²) >= 11 is 3.53. The van der Waals surface area contributed by atoms with Crippen LogP contribution in [-0.4, -0.2) is 18.4 Å². The smallest absolute Gasteiger partial charge is 0.276 e. The topological polar surface area (TPSA) is 67.4 Å². The summed E-state index contributed by atoms with van der Waals surface area (Å²) in [5.41, 5.74) is 7.04. The SMILES string of the molecule is CC(C)Cc1ccc(C(C)C(=O)NNC(=O)COc2ccc3ccccc3c2Br)cc1. The lowest BCUT2D eigenvalue weighted by atomic mass is 9.96. The third-order valence-corrected chi connectivity index (χ3v) is 5.85. The van der Waals surface area contributed by atoms with Crippen molar-refractivity contribution in [1.29, 1.82) is 0 Å². The summed E-state index contributed by atoms with van der Waals surface area (Å²) in [6.07, 6.45) is 1.00. The van der Waals surface area contributed by atoms with Gasteiger partial charge in [-0.05, 0) is 63.2 Å². The van der Waals surface area contributed by atoms with E-state index in [2.05, 4.69) is 40.6 Å². The molecule has 0 aliphatic heterocycles. The Hall–Kier alpha value is -2.86. The van der Waals surface area contributed by atoms with E-state index in [1.165, 1.54) is 5.56 Å². The predicted molar refractivity (Wildman–Crippen MR) is 127 cm³/mol. The Kier molecular flexibility index (Phi) is 7.69. The van der Waals surface area contributed by atoms with Gasteiger partial charge in [0.15, 0.2) is 6.61 Å². The summed E-state index contributed by atoms with van der Waals surface area (Å²) in [6, 6.07) is 19.7. The number of benzene rings is 3. The lowest BCUT2D eigenvalue weighted by Gasteiger charge is -2.15. The zero-order valence-corrected chi connectivity index (χ0v) is 19.5. The van der Waals surface area contributed by atoms with Gasteiger partial charge in [0.2, 0.25) is 5.91 Å². The van der Waals surface area contributed by atoms with E-state index in [9.17, 15) is 9.59 Å². The van der Waals surface area contributed by atoms with E-state index in [1.807, 2.05) is 67.6 Å². The molecular formula is C25H27BrN2O3. The highest BCUT2D eigenvalue weighted by molar-refractivity contribution is 9.10. The molecule has 0 fully saturated rings. The first-order valence-corrected chi connectivity index (χ1v) is 11.1. The maximum absolute atomic E-state index is 12.4. The van der Waals surface area contributed by atoms with E-state index in [0.717, 1.165) is 27.2 Å². The molecule has 3 aromatic carbocycles. The van der Waals surface area contributed by atoms with Crippen molar-refractivity contribution in [1.82, 2.24) is 10.9 Å². The van der Waals surface area contributed by atoms with Crippen LogP contribution >= 0.6 is 15.9 Å². The molecule has 0 aliphatic rings. The highest BCUT2D eigenvalue weighted by atomic mass is 79.9. The van der Waals surface area contributed by atoms with Crippen molar-refractivity contribution in [3.05, 3.63) is 76.3 Å². The summed E-state index contributed by atoms with van der Waals surface area (Å²) in [7, 11) is 0. The van der Waals surface area contributed by atoms with Crippen molar-refractivity contribution in [3.63, 3.8) is 0 Å². The van der Waals surface area contributed by atoms with E-state index >= 15 is 0 Å². The molecule has 3 aromatic rings. The Balaban J connectivity index is 1.50. The molecule has 2 amide bonds. The van der Waals surface area contributed by atoms with Crippen LogP contribution in [0.15, 0.2) is 65.1 Å². The quantitative estimate of drug-likeness (QED) is 0.458. The van der Waals surface area contributed by atoms with Gasteiger partial charge in [-0.25, -0.2) is 0 Å². The number of nitrogens with one attached hydrogen (secondary N) is 2. The molecule has 162 valence electrons. The van der Waals surface area contributed by atoms with E-state index in [-0.39, 0.29) is 18.4 Å². The maximum atomic E-state index is 12.4. The fourth-order valence-electron chi connectivity index (χ4n) is 3.31. The van der Waals surface area contributed by atoms with E-state index in [1.54, 1.807) is 0 Å². The first-order valence-electron chi connectivity index (χ1n) is 10.3. The van der Waals surface area contributed by atoms with Crippen LogP contribution in [0.4, 0.5) is 0 Å². The number of rotatable bonds is 7. The van der Waals surface area contributed by atoms with Gasteiger partial charge in [-0.1, -0.05) is 68.4 Å². The molecule has 0 bridgehead atoms. The number of amides is 2.